The van der Waals surface area contributed by atoms with Crippen LogP contribution in [-0.4, -0.2) is 30.7 Å². The van der Waals surface area contributed by atoms with Crippen LogP contribution in [0.5, 0.6) is 0 Å². The summed E-state index contributed by atoms with van der Waals surface area (Å²) < 4.78 is 0. The van der Waals surface area contributed by atoms with E-state index in [2.05, 4.69) is 27.9 Å². The summed E-state index contributed by atoms with van der Waals surface area (Å²) in [5.74, 6) is 0.932. The zero-order chi connectivity index (χ0) is 11.9. The zero-order valence-corrected chi connectivity index (χ0v) is 11.4. The maximum Gasteiger partial charge on any atom is 0.0794 e. The Kier molecular flexibility index (Phi) is 5.42. The van der Waals surface area contributed by atoms with Crippen molar-refractivity contribution in [3.05, 3.63) is 16.6 Å². The number of thiazole rings is 1. The van der Waals surface area contributed by atoms with Gasteiger partial charge in [-0.25, -0.2) is 4.98 Å². The van der Waals surface area contributed by atoms with E-state index in [1.807, 2.05) is 5.51 Å². The predicted molar refractivity (Wildman–Crippen MR) is 73.5 cm³/mol. The molecule has 2 N–H and O–H groups in total. The first-order valence-electron chi connectivity index (χ1n) is 6.69. The molecule has 1 saturated heterocycles. The van der Waals surface area contributed by atoms with E-state index in [-0.39, 0.29) is 0 Å². The summed E-state index contributed by atoms with van der Waals surface area (Å²) in [7, 11) is 0. The van der Waals surface area contributed by atoms with Gasteiger partial charge in [0.05, 0.1) is 11.2 Å². The molecular formula is C13H23N3S. The van der Waals surface area contributed by atoms with Crippen LogP contribution in [0.4, 0.5) is 0 Å². The van der Waals surface area contributed by atoms with Gasteiger partial charge in [-0.15, -0.1) is 11.3 Å². The molecule has 17 heavy (non-hydrogen) atoms. The summed E-state index contributed by atoms with van der Waals surface area (Å²) in [4.78, 5) is 4.29. The molecule has 1 aromatic heterocycles. The largest absolute Gasteiger partial charge is 0.315 e. The second-order valence-electron chi connectivity index (χ2n) is 4.88. The zero-order valence-electron chi connectivity index (χ0n) is 10.6. The molecule has 1 aromatic rings. The third-order valence-electron chi connectivity index (χ3n) is 3.61. The van der Waals surface area contributed by atoms with Crippen molar-refractivity contribution in [2.75, 3.05) is 19.6 Å². The van der Waals surface area contributed by atoms with E-state index in [0.29, 0.717) is 6.04 Å². The lowest BCUT2D eigenvalue weighted by Gasteiger charge is -2.29. The van der Waals surface area contributed by atoms with Crippen LogP contribution in [0.25, 0.3) is 0 Å². The highest BCUT2D eigenvalue weighted by atomic mass is 32.1. The van der Waals surface area contributed by atoms with Gasteiger partial charge >= 0.3 is 0 Å². The van der Waals surface area contributed by atoms with Crippen molar-refractivity contribution in [2.24, 2.45) is 5.92 Å². The highest BCUT2D eigenvalue weighted by Crippen LogP contribution is 2.18. The number of nitrogens with one attached hydrogen (secondary N) is 2. The summed E-state index contributed by atoms with van der Waals surface area (Å²) in [6.45, 7) is 5.64. The SMILES string of the molecule is CCC1CCNC(CNCCc2cscn2)C1. The average molecular weight is 253 g/mol. The molecular weight excluding hydrogens is 230 g/mol. The van der Waals surface area contributed by atoms with Crippen LogP contribution in [0, 0.1) is 5.92 Å². The van der Waals surface area contributed by atoms with Crippen LogP contribution >= 0.6 is 11.3 Å². The van der Waals surface area contributed by atoms with Gasteiger partial charge < -0.3 is 10.6 Å². The maximum absolute atomic E-state index is 4.29. The molecule has 2 rings (SSSR count). The van der Waals surface area contributed by atoms with E-state index in [9.17, 15) is 0 Å². The van der Waals surface area contributed by atoms with Crippen LogP contribution in [0.3, 0.4) is 0 Å². The molecule has 0 aromatic carbocycles. The number of hydrogen-bond donors (Lipinski definition) is 2. The Hall–Kier alpha value is -0.450. The van der Waals surface area contributed by atoms with E-state index in [0.717, 1.165) is 25.4 Å². The third-order valence-corrected chi connectivity index (χ3v) is 4.25. The molecule has 1 aliphatic rings. The summed E-state index contributed by atoms with van der Waals surface area (Å²) in [5, 5.41) is 9.27. The molecule has 1 fully saturated rings. The minimum Gasteiger partial charge on any atom is -0.315 e. The van der Waals surface area contributed by atoms with Crippen molar-refractivity contribution in [2.45, 2.75) is 38.6 Å². The van der Waals surface area contributed by atoms with Crippen LogP contribution in [0.2, 0.25) is 0 Å². The molecule has 0 bridgehead atoms. The Morgan fingerprint density at radius 1 is 1.59 bits per heavy atom. The monoisotopic (exact) mass is 253 g/mol. The first kappa shape index (κ1) is 13.0. The first-order valence-corrected chi connectivity index (χ1v) is 7.64. The van der Waals surface area contributed by atoms with Crippen LogP contribution in [0.1, 0.15) is 31.9 Å². The fourth-order valence-electron chi connectivity index (χ4n) is 2.48. The number of rotatable bonds is 6. The normalized spacial score (nSPS) is 25.0. The van der Waals surface area contributed by atoms with Gasteiger partial charge in [0.15, 0.2) is 0 Å². The minimum atomic E-state index is 0.670. The number of aromatic nitrogens is 1. The van der Waals surface area contributed by atoms with Gasteiger partial charge in [-0.05, 0) is 25.3 Å². The molecule has 0 amide bonds. The Morgan fingerprint density at radius 3 is 3.29 bits per heavy atom. The van der Waals surface area contributed by atoms with Crippen molar-refractivity contribution < 1.29 is 0 Å². The van der Waals surface area contributed by atoms with Gasteiger partial charge in [-0.3, -0.25) is 0 Å². The fraction of sp³-hybridized carbons (Fsp3) is 0.769. The standard InChI is InChI=1S/C13H23N3S/c1-2-11-3-6-15-13(7-11)8-14-5-4-12-9-17-10-16-12/h9-11,13-15H,2-8H2,1H3. The first-order chi connectivity index (χ1) is 8.38. The lowest BCUT2D eigenvalue weighted by atomic mass is 9.90. The average Bonchev–Trinajstić information content (AvgIpc) is 2.88. The Bertz CT molecular complexity index is 300. The molecule has 2 heterocycles. The highest BCUT2D eigenvalue weighted by Gasteiger charge is 2.19. The molecule has 3 nitrogen and oxygen atoms in total. The van der Waals surface area contributed by atoms with Gasteiger partial charge in [0, 0.05) is 30.9 Å². The van der Waals surface area contributed by atoms with Gasteiger partial charge in [0.2, 0.25) is 0 Å². The lowest BCUT2D eigenvalue weighted by molar-refractivity contribution is 0.288. The van der Waals surface area contributed by atoms with Crippen molar-refractivity contribution in [3.63, 3.8) is 0 Å². The number of hydrogen-bond acceptors (Lipinski definition) is 4. The molecule has 2 unspecified atom stereocenters. The highest BCUT2D eigenvalue weighted by molar-refractivity contribution is 7.07. The Balaban J connectivity index is 1.58. The summed E-state index contributed by atoms with van der Waals surface area (Å²) in [6, 6.07) is 0.670. The van der Waals surface area contributed by atoms with Gasteiger partial charge in [0.25, 0.3) is 0 Å². The molecule has 2 atom stereocenters. The van der Waals surface area contributed by atoms with Crippen molar-refractivity contribution in [3.8, 4) is 0 Å². The Labute approximate surface area is 108 Å². The van der Waals surface area contributed by atoms with E-state index in [1.165, 1.54) is 31.5 Å². The Morgan fingerprint density at radius 2 is 2.53 bits per heavy atom. The van der Waals surface area contributed by atoms with E-state index in [4.69, 9.17) is 0 Å². The van der Waals surface area contributed by atoms with Crippen LogP contribution in [-0.2, 0) is 6.42 Å². The van der Waals surface area contributed by atoms with Gasteiger partial charge in [-0.1, -0.05) is 13.3 Å². The van der Waals surface area contributed by atoms with Gasteiger partial charge in [-0.2, -0.15) is 0 Å². The summed E-state index contributed by atoms with van der Waals surface area (Å²) in [5.41, 5.74) is 3.12. The van der Waals surface area contributed by atoms with Crippen molar-refractivity contribution >= 4 is 11.3 Å². The molecule has 96 valence electrons. The lowest BCUT2D eigenvalue weighted by Crippen LogP contribution is -2.44. The fourth-order valence-corrected chi connectivity index (χ4v) is 3.07. The number of nitrogens with zero attached hydrogens (tertiary/aromatic N) is 1. The second kappa shape index (κ2) is 7.09. The quantitative estimate of drug-likeness (QED) is 0.762. The van der Waals surface area contributed by atoms with Crippen LogP contribution in [0.15, 0.2) is 10.9 Å². The third kappa shape index (κ3) is 4.37. The predicted octanol–water partition coefficient (Wildman–Crippen LogP) is 2.05. The topological polar surface area (TPSA) is 37.0 Å². The molecule has 0 saturated carbocycles. The smallest absolute Gasteiger partial charge is 0.0794 e. The van der Waals surface area contributed by atoms with Crippen molar-refractivity contribution in [1.82, 2.24) is 15.6 Å². The molecule has 4 heteroatoms. The summed E-state index contributed by atoms with van der Waals surface area (Å²) in [6.07, 6.45) is 5.07. The molecule has 1 aliphatic heterocycles. The van der Waals surface area contributed by atoms with Gasteiger partial charge in [0.1, 0.15) is 0 Å². The molecule has 0 radical (unpaired) electrons. The van der Waals surface area contributed by atoms with E-state index < -0.39 is 0 Å². The van der Waals surface area contributed by atoms with E-state index in [1.54, 1.807) is 11.3 Å². The maximum atomic E-state index is 4.29. The molecule has 0 spiro atoms. The van der Waals surface area contributed by atoms with E-state index >= 15 is 0 Å². The molecule has 0 aliphatic carbocycles. The van der Waals surface area contributed by atoms with Crippen molar-refractivity contribution in [1.29, 1.82) is 0 Å². The second-order valence-corrected chi connectivity index (χ2v) is 5.60. The summed E-state index contributed by atoms with van der Waals surface area (Å²) >= 11 is 1.68. The number of piperidine rings is 1. The van der Waals surface area contributed by atoms with Crippen LogP contribution < -0.4 is 10.6 Å². The minimum absolute atomic E-state index is 0.670.